The second kappa shape index (κ2) is 6.10. The van der Waals surface area contributed by atoms with Crippen LogP contribution in [0.4, 0.5) is 5.82 Å². The first-order chi connectivity index (χ1) is 9.50. The molecule has 112 valence electrons. The van der Waals surface area contributed by atoms with E-state index < -0.39 is 11.7 Å². The number of pyridine rings is 1. The lowest BCUT2D eigenvalue weighted by Gasteiger charge is -2.43. The maximum atomic E-state index is 11.0. The molecule has 1 heterocycles. The van der Waals surface area contributed by atoms with Crippen LogP contribution < -0.4 is 5.73 Å². The summed E-state index contributed by atoms with van der Waals surface area (Å²) in [6.45, 7) is 6.76. The molecule has 1 aliphatic carbocycles. The van der Waals surface area contributed by atoms with Crippen LogP contribution in [0, 0.1) is 12.8 Å². The Kier molecular flexibility index (Phi) is 4.66. The lowest BCUT2D eigenvalue weighted by molar-refractivity contribution is -0.150. The molecule has 0 amide bonds. The zero-order valence-corrected chi connectivity index (χ0v) is 12.7. The van der Waals surface area contributed by atoms with Crippen molar-refractivity contribution in [2.45, 2.75) is 58.2 Å². The smallest absolute Gasteiger partial charge is 0.129 e. The van der Waals surface area contributed by atoms with Gasteiger partial charge in [-0.15, -0.1) is 0 Å². The molecule has 1 aliphatic rings. The molecular formula is C16H26N2O2. The summed E-state index contributed by atoms with van der Waals surface area (Å²) < 4.78 is 6.03. The topological polar surface area (TPSA) is 68.4 Å². The molecule has 0 spiro atoms. The van der Waals surface area contributed by atoms with Gasteiger partial charge in [0.25, 0.3) is 0 Å². The fraction of sp³-hybridized carbons (Fsp3) is 0.688. The second-order valence-electron chi connectivity index (χ2n) is 6.03. The minimum atomic E-state index is -0.709. The van der Waals surface area contributed by atoms with E-state index in [1.54, 1.807) is 6.20 Å². The van der Waals surface area contributed by atoms with E-state index in [0.717, 1.165) is 30.4 Å². The lowest BCUT2D eigenvalue weighted by Crippen LogP contribution is -2.44. The number of nitrogens with two attached hydrogens (primary N) is 1. The third-order valence-electron chi connectivity index (χ3n) is 4.43. The highest BCUT2D eigenvalue weighted by Gasteiger charge is 2.44. The molecule has 1 aromatic rings. The van der Waals surface area contributed by atoms with Crippen LogP contribution in [0.15, 0.2) is 12.3 Å². The molecular weight excluding hydrogens is 252 g/mol. The number of anilines is 1. The number of aromatic nitrogens is 1. The summed E-state index contributed by atoms with van der Waals surface area (Å²) in [6, 6.07) is 1.89. The average Bonchev–Trinajstić information content (AvgIpc) is 2.38. The van der Waals surface area contributed by atoms with E-state index in [-0.39, 0.29) is 0 Å². The Bertz CT molecular complexity index is 440. The van der Waals surface area contributed by atoms with Crippen LogP contribution in [0.25, 0.3) is 0 Å². The largest absolute Gasteiger partial charge is 0.385 e. The van der Waals surface area contributed by atoms with Gasteiger partial charge in [0.15, 0.2) is 0 Å². The van der Waals surface area contributed by atoms with Crippen molar-refractivity contribution in [2.75, 3.05) is 12.3 Å². The van der Waals surface area contributed by atoms with Crippen LogP contribution in [0.5, 0.6) is 0 Å². The number of rotatable bonds is 4. The molecule has 1 fully saturated rings. The van der Waals surface area contributed by atoms with Gasteiger partial charge in [-0.2, -0.15) is 0 Å². The molecule has 0 radical (unpaired) electrons. The van der Waals surface area contributed by atoms with Gasteiger partial charge in [-0.05, 0) is 44.2 Å². The maximum absolute atomic E-state index is 11.0. The van der Waals surface area contributed by atoms with Gasteiger partial charge in [0.1, 0.15) is 11.9 Å². The minimum absolute atomic E-state index is 0.412. The highest BCUT2D eigenvalue weighted by Crippen LogP contribution is 2.45. The third kappa shape index (κ3) is 2.81. The number of aliphatic hydroxyl groups is 1. The molecule has 3 atom stereocenters. The summed E-state index contributed by atoms with van der Waals surface area (Å²) >= 11 is 0. The van der Waals surface area contributed by atoms with Crippen molar-refractivity contribution in [1.29, 1.82) is 0 Å². The molecule has 3 unspecified atom stereocenters. The Morgan fingerprint density at radius 1 is 1.60 bits per heavy atom. The van der Waals surface area contributed by atoms with E-state index in [4.69, 9.17) is 10.5 Å². The predicted octanol–water partition coefficient (Wildman–Crippen LogP) is 2.99. The molecule has 2 rings (SSSR count). The normalized spacial score (nSPS) is 28.3. The highest BCUT2D eigenvalue weighted by atomic mass is 16.5. The highest BCUT2D eigenvalue weighted by molar-refractivity contribution is 5.46. The Morgan fingerprint density at radius 3 is 2.95 bits per heavy atom. The SMILES string of the molecule is CCOC1(C(O)c2c(C)ccnc2N)CCCC(C)C1. The van der Waals surface area contributed by atoms with Gasteiger partial charge >= 0.3 is 0 Å². The van der Waals surface area contributed by atoms with E-state index in [1.165, 1.54) is 6.42 Å². The van der Waals surface area contributed by atoms with Gasteiger partial charge in [-0.1, -0.05) is 19.8 Å². The maximum Gasteiger partial charge on any atom is 0.129 e. The van der Waals surface area contributed by atoms with Crippen molar-refractivity contribution in [3.8, 4) is 0 Å². The van der Waals surface area contributed by atoms with Crippen molar-refractivity contribution < 1.29 is 9.84 Å². The molecule has 0 bridgehead atoms. The van der Waals surface area contributed by atoms with Crippen LogP contribution in [0.3, 0.4) is 0 Å². The van der Waals surface area contributed by atoms with E-state index in [9.17, 15) is 5.11 Å². The number of ether oxygens (including phenoxy) is 1. The molecule has 4 nitrogen and oxygen atoms in total. The summed E-state index contributed by atoms with van der Waals surface area (Å²) in [7, 11) is 0. The van der Waals surface area contributed by atoms with E-state index in [1.807, 2.05) is 19.9 Å². The predicted molar refractivity (Wildman–Crippen MR) is 80.3 cm³/mol. The molecule has 20 heavy (non-hydrogen) atoms. The molecule has 0 aliphatic heterocycles. The van der Waals surface area contributed by atoms with Crippen molar-refractivity contribution in [3.05, 3.63) is 23.4 Å². The van der Waals surface area contributed by atoms with E-state index in [0.29, 0.717) is 18.3 Å². The van der Waals surface area contributed by atoms with Gasteiger partial charge < -0.3 is 15.6 Å². The van der Waals surface area contributed by atoms with Crippen LogP contribution in [-0.4, -0.2) is 22.3 Å². The molecule has 1 saturated carbocycles. The Hall–Kier alpha value is -1.13. The second-order valence-corrected chi connectivity index (χ2v) is 6.03. The summed E-state index contributed by atoms with van der Waals surface area (Å²) in [6.07, 6.45) is 4.99. The zero-order chi connectivity index (χ0) is 14.8. The zero-order valence-electron chi connectivity index (χ0n) is 12.7. The summed E-state index contributed by atoms with van der Waals surface area (Å²) in [5.74, 6) is 0.970. The number of aryl methyl sites for hydroxylation is 1. The standard InChI is InChI=1S/C16H26N2O2/c1-4-20-16(8-5-6-11(2)10-16)14(19)13-12(3)7-9-18-15(13)17/h7,9,11,14,19H,4-6,8,10H2,1-3H3,(H2,17,18). The van der Waals surface area contributed by atoms with Crippen molar-refractivity contribution in [1.82, 2.24) is 4.98 Å². The lowest BCUT2D eigenvalue weighted by atomic mass is 9.73. The number of nitrogen functional groups attached to an aromatic ring is 1. The fourth-order valence-corrected chi connectivity index (χ4v) is 3.50. The average molecular weight is 278 g/mol. The molecule has 4 heteroatoms. The monoisotopic (exact) mass is 278 g/mol. The van der Waals surface area contributed by atoms with Crippen molar-refractivity contribution >= 4 is 5.82 Å². The molecule has 1 aromatic heterocycles. The number of aliphatic hydroxyl groups excluding tert-OH is 1. The van der Waals surface area contributed by atoms with Crippen LogP contribution in [0.1, 0.15) is 56.8 Å². The fourth-order valence-electron chi connectivity index (χ4n) is 3.50. The first kappa shape index (κ1) is 15.3. The molecule has 3 N–H and O–H groups in total. The van der Waals surface area contributed by atoms with Crippen LogP contribution in [0.2, 0.25) is 0 Å². The van der Waals surface area contributed by atoms with Crippen molar-refractivity contribution in [3.63, 3.8) is 0 Å². The Balaban J connectivity index is 2.38. The van der Waals surface area contributed by atoms with Crippen molar-refractivity contribution in [2.24, 2.45) is 5.92 Å². The summed E-state index contributed by atoms with van der Waals surface area (Å²) in [4.78, 5) is 4.13. The van der Waals surface area contributed by atoms with Gasteiger partial charge in [0.05, 0.1) is 5.60 Å². The first-order valence-corrected chi connectivity index (χ1v) is 7.53. The Morgan fingerprint density at radius 2 is 2.35 bits per heavy atom. The minimum Gasteiger partial charge on any atom is -0.385 e. The number of nitrogens with zero attached hydrogens (tertiary/aromatic N) is 1. The summed E-state index contributed by atoms with van der Waals surface area (Å²) in [5.41, 5.74) is 7.18. The van der Waals surface area contributed by atoms with Crippen LogP contribution in [-0.2, 0) is 4.74 Å². The van der Waals surface area contributed by atoms with E-state index in [2.05, 4.69) is 11.9 Å². The quantitative estimate of drug-likeness (QED) is 0.888. The van der Waals surface area contributed by atoms with Gasteiger partial charge in [0, 0.05) is 18.4 Å². The summed E-state index contributed by atoms with van der Waals surface area (Å²) in [5, 5.41) is 11.0. The molecule has 0 saturated heterocycles. The Labute approximate surface area is 121 Å². The van der Waals surface area contributed by atoms with Gasteiger partial charge in [-0.25, -0.2) is 4.98 Å². The molecule has 0 aromatic carbocycles. The number of hydrogen-bond acceptors (Lipinski definition) is 4. The first-order valence-electron chi connectivity index (χ1n) is 7.53. The third-order valence-corrected chi connectivity index (χ3v) is 4.43. The van der Waals surface area contributed by atoms with Gasteiger partial charge in [0.2, 0.25) is 0 Å². The number of hydrogen-bond donors (Lipinski definition) is 2. The van der Waals surface area contributed by atoms with Gasteiger partial charge in [-0.3, -0.25) is 0 Å². The van der Waals surface area contributed by atoms with Crippen LogP contribution >= 0.6 is 0 Å². The van der Waals surface area contributed by atoms with E-state index >= 15 is 0 Å².